The third-order valence-electron chi connectivity index (χ3n) is 3.30. The molecule has 0 saturated heterocycles. The van der Waals surface area contributed by atoms with Crippen molar-refractivity contribution in [1.82, 2.24) is 0 Å². The SMILES string of the molecule is COC(=O)CCCN1C(=O)/C(=N/O)c2ccc(CBr)cc21. The van der Waals surface area contributed by atoms with Crippen molar-refractivity contribution in [2.24, 2.45) is 5.16 Å². The summed E-state index contributed by atoms with van der Waals surface area (Å²) < 4.78 is 4.58. The van der Waals surface area contributed by atoms with E-state index in [4.69, 9.17) is 5.21 Å². The highest BCUT2D eigenvalue weighted by Crippen LogP contribution is 2.31. The molecule has 1 aliphatic rings. The van der Waals surface area contributed by atoms with Gasteiger partial charge in [0.25, 0.3) is 5.91 Å². The maximum atomic E-state index is 12.2. The van der Waals surface area contributed by atoms with Crippen LogP contribution in [0.15, 0.2) is 23.4 Å². The molecule has 0 radical (unpaired) electrons. The van der Waals surface area contributed by atoms with Crippen molar-refractivity contribution in [3.05, 3.63) is 29.3 Å². The molecule has 1 N–H and O–H groups in total. The molecule has 1 aromatic rings. The highest BCUT2D eigenvalue weighted by molar-refractivity contribution is 9.08. The Hall–Kier alpha value is -1.89. The van der Waals surface area contributed by atoms with E-state index < -0.39 is 0 Å². The van der Waals surface area contributed by atoms with E-state index in [1.807, 2.05) is 12.1 Å². The Morgan fingerprint density at radius 2 is 2.24 bits per heavy atom. The molecule has 1 amide bonds. The number of alkyl halides is 1. The molecule has 0 aromatic heterocycles. The number of nitrogens with zero attached hydrogens (tertiary/aromatic N) is 2. The molecule has 21 heavy (non-hydrogen) atoms. The van der Waals surface area contributed by atoms with E-state index in [1.165, 1.54) is 12.0 Å². The van der Waals surface area contributed by atoms with Gasteiger partial charge in [-0.05, 0) is 18.1 Å². The first-order chi connectivity index (χ1) is 10.1. The van der Waals surface area contributed by atoms with Crippen LogP contribution in [0.1, 0.15) is 24.0 Å². The molecule has 6 nitrogen and oxygen atoms in total. The second kappa shape index (κ2) is 6.71. The van der Waals surface area contributed by atoms with Gasteiger partial charge in [0.2, 0.25) is 0 Å². The fraction of sp³-hybridized carbons (Fsp3) is 0.357. The monoisotopic (exact) mass is 354 g/mol. The van der Waals surface area contributed by atoms with Crippen molar-refractivity contribution >= 4 is 39.2 Å². The number of anilines is 1. The van der Waals surface area contributed by atoms with E-state index in [9.17, 15) is 9.59 Å². The minimum atomic E-state index is -0.357. The van der Waals surface area contributed by atoms with Crippen LogP contribution in [0, 0.1) is 0 Å². The minimum absolute atomic E-state index is 0.0317. The molecule has 1 heterocycles. The van der Waals surface area contributed by atoms with Gasteiger partial charge >= 0.3 is 5.97 Å². The highest BCUT2D eigenvalue weighted by atomic mass is 79.9. The normalized spacial score (nSPS) is 15.4. The van der Waals surface area contributed by atoms with E-state index in [-0.39, 0.29) is 24.0 Å². The Kier molecular flexibility index (Phi) is 4.95. The van der Waals surface area contributed by atoms with Crippen molar-refractivity contribution in [2.45, 2.75) is 18.2 Å². The third-order valence-corrected chi connectivity index (χ3v) is 3.95. The van der Waals surface area contributed by atoms with Gasteiger partial charge in [0, 0.05) is 23.9 Å². The standard InChI is InChI=1S/C14H15BrN2O4/c1-21-12(18)3-2-6-17-11-7-9(8-15)4-5-10(11)13(16-20)14(17)19/h4-5,7,20H,2-3,6,8H2,1H3/b16-13+. The largest absolute Gasteiger partial charge is 0.469 e. The molecule has 0 fully saturated rings. The first-order valence-corrected chi connectivity index (χ1v) is 7.54. The van der Waals surface area contributed by atoms with E-state index in [1.54, 1.807) is 6.07 Å². The van der Waals surface area contributed by atoms with Crippen LogP contribution < -0.4 is 4.90 Å². The van der Waals surface area contributed by atoms with E-state index in [0.717, 1.165) is 5.56 Å². The number of fused-ring (bicyclic) bond motifs is 1. The van der Waals surface area contributed by atoms with Crippen LogP contribution in [0.2, 0.25) is 0 Å². The van der Waals surface area contributed by atoms with Gasteiger partial charge in [-0.15, -0.1) is 0 Å². The first kappa shape index (κ1) is 15.5. The molecule has 2 rings (SSSR count). The number of halogens is 1. The number of hydrogen-bond donors (Lipinski definition) is 1. The molecule has 0 aliphatic carbocycles. The summed E-state index contributed by atoms with van der Waals surface area (Å²) in [4.78, 5) is 24.9. The highest BCUT2D eigenvalue weighted by Gasteiger charge is 2.34. The maximum Gasteiger partial charge on any atom is 0.305 e. The fourth-order valence-corrected chi connectivity index (χ4v) is 2.59. The predicted octanol–water partition coefficient (Wildman–Crippen LogP) is 2.06. The van der Waals surface area contributed by atoms with Crippen LogP contribution >= 0.6 is 15.9 Å². The van der Waals surface area contributed by atoms with Gasteiger partial charge in [0.1, 0.15) is 0 Å². The van der Waals surface area contributed by atoms with Crippen molar-refractivity contribution < 1.29 is 19.5 Å². The Morgan fingerprint density at radius 1 is 1.48 bits per heavy atom. The Bertz CT molecular complexity index is 601. The molecule has 0 spiro atoms. The van der Waals surface area contributed by atoms with Crippen molar-refractivity contribution in [2.75, 3.05) is 18.6 Å². The number of hydrogen-bond acceptors (Lipinski definition) is 5. The summed E-state index contributed by atoms with van der Waals surface area (Å²) in [6.45, 7) is 0.367. The second-order valence-corrected chi connectivity index (χ2v) is 5.13. The average molecular weight is 355 g/mol. The molecular formula is C14H15BrN2O4. The van der Waals surface area contributed by atoms with Crippen molar-refractivity contribution in [3.63, 3.8) is 0 Å². The quantitative estimate of drug-likeness (QED) is 0.380. The van der Waals surface area contributed by atoms with Gasteiger partial charge in [-0.1, -0.05) is 33.2 Å². The van der Waals surface area contributed by atoms with E-state index in [2.05, 4.69) is 25.8 Å². The van der Waals surface area contributed by atoms with Gasteiger partial charge in [0.15, 0.2) is 5.71 Å². The molecule has 0 unspecified atom stereocenters. The van der Waals surface area contributed by atoms with Gasteiger partial charge in [-0.3, -0.25) is 9.59 Å². The number of carbonyl (C=O) groups excluding carboxylic acids is 2. The Balaban J connectivity index is 2.23. The fourth-order valence-electron chi connectivity index (χ4n) is 2.24. The van der Waals surface area contributed by atoms with Gasteiger partial charge in [-0.25, -0.2) is 0 Å². The van der Waals surface area contributed by atoms with Crippen LogP contribution in [-0.2, 0) is 19.7 Å². The molecule has 0 bridgehead atoms. The Morgan fingerprint density at radius 3 is 2.86 bits per heavy atom. The average Bonchev–Trinajstić information content (AvgIpc) is 2.78. The topological polar surface area (TPSA) is 79.2 Å². The second-order valence-electron chi connectivity index (χ2n) is 4.57. The number of oxime groups is 1. The van der Waals surface area contributed by atoms with Crippen LogP contribution in [-0.4, -0.2) is 36.4 Å². The lowest BCUT2D eigenvalue weighted by atomic mass is 10.1. The summed E-state index contributed by atoms with van der Waals surface area (Å²) in [5.74, 6) is -0.670. The smallest absolute Gasteiger partial charge is 0.305 e. The van der Waals surface area contributed by atoms with Crippen LogP contribution in [0.25, 0.3) is 0 Å². The molecular weight excluding hydrogens is 340 g/mol. The number of amides is 1. The van der Waals surface area contributed by atoms with Crippen molar-refractivity contribution in [1.29, 1.82) is 0 Å². The summed E-state index contributed by atoms with van der Waals surface area (Å²) in [5.41, 5.74) is 2.35. The van der Waals surface area contributed by atoms with E-state index in [0.29, 0.717) is 29.5 Å². The van der Waals surface area contributed by atoms with Crippen LogP contribution in [0.4, 0.5) is 5.69 Å². The lowest BCUT2D eigenvalue weighted by Crippen LogP contribution is -2.31. The Labute approximate surface area is 130 Å². The van der Waals surface area contributed by atoms with Crippen molar-refractivity contribution in [3.8, 4) is 0 Å². The van der Waals surface area contributed by atoms with Gasteiger partial charge < -0.3 is 14.8 Å². The van der Waals surface area contributed by atoms with E-state index >= 15 is 0 Å². The molecule has 1 aromatic carbocycles. The molecule has 0 atom stereocenters. The van der Waals surface area contributed by atoms with Crippen LogP contribution in [0.3, 0.4) is 0 Å². The summed E-state index contributed by atoms with van der Waals surface area (Å²) in [5, 5.41) is 12.8. The molecule has 1 aliphatic heterocycles. The number of benzene rings is 1. The first-order valence-electron chi connectivity index (χ1n) is 6.42. The minimum Gasteiger partial charge on any atom is -0.469 e. The molecule has 7 heteroatoms. The number of esters is 1. The number of carbonyl (C=O) groups is 2. The predicted molar refractivity (Wildman–Crippen MR) is 81.0 cm³/mol. The van der Waals surface area contributed by atoms with Gasteiger partial charge in [-0.2, -0.15) is 0 Å². The third kappa shape index (κ3) is 3.07. The summed E-state index contributed by atoms with van der Waals surface area (Å²) in [7, 11) is 1.33. The van der Waals surface area contributed by atoms with Crippen LogP contribution in [0.5, 0.6) is 0 Å². The number of methoxy groups -OCH3 is 1. The van der Waals surface area contributed by atoms with Gasteiger partial charge in [0.05, 0.1) is 12.8 Å². The lowest BCUT2D eigenvalue weighted by molar-refractivity contribution is -0.140. The summed E-state index contributed by atoms with van der Waals surface area (Å²) in [6.07, 6.45) is 0.717. The number of rotatable bonds is 5. The molecule has 112 valence electrons. The summed E-state index contributed by atoms with van der Waals surface area (Å²) >= 11 is 3.37. The zero-order chi connectivity index (χ0) is 15.4. The maximum absolute atomic E-state index is 12.2. The summed E-state index contributed by atoms with van der Waals surface area (Å²) in [6, 6.07) is 5.50. The lowest BCUT2D eigenvalue weighted by Gasteiger charge is -2.16. The zero-order valence-corrected chi connectivity index (χ0v) is 13.1. The number of ether oxygens (including phenoxy) is 1. The zero-order valence-electron chi connectivity index (χ0n) is 11.5. The molecule has 0 saturated carbocycles.